The summed E-state index contributed by atoms with van der Waals surface area (Å²) in [5.74, 6) is -0.511. The number of fused-ring (bicyclic) bond motifs is 1. The molecule has 1 aliphatic rings. The van der Waals surface area contributed by atoms with E-state index in [2.05, 4.69) is 0 Å². The largest absolute Gasteiger partial charge is 0.497 e. The molecule has 3 rings (SSSR count). The van der Waals surface area contributed by atoms with E-state index in [9.17, 15) is 8.78 Å². The molecule has 0 aliphatic carbocycles. The van der Waals surface area contributed by atoms with Crippen molar-refractivity contribution in [3.05, 3.63) is 59.2 Å². The molecule has 0 amide bonds. The number of hydrogen-bond acceptors (Lipinski definition) is 3. The molecular formula is C16H15F2NO2. The first kappa shape index (κ1) is 13.8. The molecule has 0 radical (unpaired) electrons. The Balaban J connectivity index is 1.97. The lowest BCUT2D eigenvalue weighted by Crippen LogP contribution is -2.25. The van der Waals surface area contributed by atoms with Crippen LogP contribution >= 0.6 is 0 Å². The molecule has 3 nitrogen and oxygen atoms in total. The molecule has 0 aromatic heterocycles. The Hall–Kier alpha value is -2.14. The molecule has 0 bridgehead atoms. The normalized spacial score (nSPS) is 20.6. The van der Waals surface area contributed by atoms with Crippen LogP contribution in [0.1, 0.15) is 29.7 Å². The van der Waals surface area contributed by atoms with Crippen LogP contribution in [0.25, 0.3) is 0 Å². The van der Waals surface area contributed by atoms with Crippen LogP contribution in [0.5, 0.6) is 11.5 Å². The lowest BCUT2D eigenvalue weighted by Gasteiger charge is -2.31. The maximum atomic E-state index is 13.9. The molecule has 0 saturated heterocycles. The first-order valence-electron chi connectivity index (χ1n) is 6.64. The third-order valence-corrected chi connectivity index (χ3v) is 3.68. The lowest BCUT2D eigenvalue weighted by atomic mass is 9.93. The van der Waals surface area contributed by atoms with Crippen molar-refractivity contribution in [1.29, 1.82) is 0 Å². The van der Waals surface area contributed by atoms with Crippen LogP contribution in [0.3, 0.4) is 0 Å². The van der Waals surface area contributed by atoms with Crippen molar-refractivity contribution in [3.8, 4) is 11.5 Å². The van der Waals surface area contributed by atoms with Crippen LogP contribution in [0.15, 0.2) is 36.4 Å². The number of methoxy groups -OCH3 is 1. The van der Waals surface area contributed by atoms with Crippen molar-refractivity contribution in [2.75, 3.05) is 7.11 Å². The zero-order valence-corrected chi connectivity index (χ0v) is 11.5. The number of hydrogen-bond donors (Lipinski definition) is 1. The molecule has 0 spiro atoms. The van der Waals surface area contributed by atoms with Gasteiger partial charge in [0.1, 0.15) is 17.6 Å². The second kappa shape index (κ2) is 5.33. The Morgan fingerprint density at radius 3 is 2.76 bits per heavy atom. The molecule has 1 unspecified atom stereocenters. The summed E-state index contributed by atoms with van der Waals surface area (Å²) < 4.78 is 38.2. The summed E-state index contributed by atoms with van der Waals surface area (Å²) in [4.78, 5) is 0. The average Bonchev–Trinajstić information content (AvgIpc) is 2.49. The van der Waals surface area contributed by atoms with Gasteiger partial charge in [-0.15, -0.1) is 0 Å². The van der Waals surface area contributed by atoms with Crippen LogP contribution < -0.4 is 15.2 Å². The number of ether oxygens (including phenoxy) is 2. The summed E-state index contributed by atoms with van der Waals surface area (Å²) in [7, 11) is 1.57. The third-order valence-electron chi connectivity index (χ3n) is 3.68. The van der Waals surface area contributed by atoms with Gasteiger partial charge in [0.15, 0.2) is 11.6 Å². The molecule has 0 saturated carbocycles. The van der Waals surface area contributed by atoms with Gasteiger partial charge in [0, 0.05) is 23.6 Å². The SMILES string of the molecule is COc1ccc2c(c1)[C@@H](N)CC(c1cccc(F)c1F)O2. The maximum absolute atomic E-state index is 13.9. The molecule has 2 aromatic carbocycles. The molecule has 1 heterocycles. The number of rotatable bonds is 2. The Kier molecular flexibility index (Phi) is 3.51. The van der Waals surface area contributed by atoms with Gasteiger partial charge in [-0.05, 0) is 24.3 Å². The van der Waals surface area contributed by atoms with E-state index < -0.39 is 17.7 Å². The summed E-state index contributed by atoms with van der Waals surface area (Å²) >= 11 is 0. The minimum Gasteiger partial charge on any atom is -0.497 e. The summed E-state index contributed by atoms with van der Waals surface area (Å²) in [6.45, 7) is 0. The zero-order valence-electron chi connectivity index (χ0n) is 11.5. The highest BCUT2D eigenvalue weighted by molar-refractivity contribution is 5.44. The van der Waals surface area contributed by atoms with E-state index >= 15 is 0 Å². The van der Waals surface area contributed by atoms with Crippen LogP contribution in [-0.2, 0) is 0 Å². The van der Waals surface area contributed by atoms with E-state index in [-0.39, 0.29) is 11.6 Å². The van der Waals surface area contributed by atoms with Crippen LogP contribution in [0.4, 0.5) is 8.78 Å². The fourth-order valence-corrected chi connectivity index (χ4v) is 2.57. The van der Waals surface area contributed by atoms with Crippen molar-refractivity contribution in [2.45, 2.75) is 18.6 Å². The quantitative estimate of drug-likeness (QED) is 0.921. The van der Waals surface area contributed by atoms with Gasteiger partial charge in [-0.1, -0.05) is 12.1 Å². The summed E-state index contributed by atoms with van der Waals surface area (Å²) in [5.41, 5.74) is 7.13. The van der Waals surface area contributed by atoms with E-state index in [1.54, 1.807) is 25.3 Å². The minimum atomic E-state index is -0.884. The Morgan fingerprint density at radius 2 is 2.00 bits per heavy atom. The highest BCUT2D eigenvalue weighted by atomic mass is 19.2. The van der Waals surface area contributed by atoms with Gasteiger partial charge in [-0.3, -0.25) is 0 Å². The third kappa shape index (κ3) is 2.45. The van der Waals surface area contributed by atoms with Crippen molar-refractivity contribution >= 4 is 0 Å². The highest BCUT2D eigenvalue weighted by Crippen LogP contribution is 2.41. The molecule has 2 aromatic rings. The zero-order chi connectivity index (χ0) is 15.0. The molecule has 2 atom stereocenters. The van der Waals surface area contributed by atoms with Crippen molar-refractivity contribution in [1.82, 2.24) is 0 Å². The van der Waals surface area contributed by atoms with E-state index in [0.29, 0.717) is 17.9 Å². The Morgan fingerprint density at radius 1 is 1.19 bits per heavy atom. The molecule has 2 N–H and O–H groups in total. The van der Waals surface area contributed by atoms with E-state index in [1.165, 1.54) is 12.1 Å². The molecule has 0 fully saturated rings. The van der Waals surface area contributed by atoms with Crippen molar-refractivity contribution in [2.24, 2.45) is 5.73 Å². The van der Waals surface area contributed by atoms with E-state index in [0.717, 1.165) is 11.6 Å². The summed E-state index contributed by atoms with van der Waals surface area (Å²) in [5, 5.41) is 0. The average molecular weight is 291 g/mol. The predicted molar refractivity (Wildman–Crippen MR) is 74.3 cm³/mol. The number of halogens is 2. The van der Waals surface area contributed by atoms with Crippen LogP contribution in [0.2, 0.25) is 0 Å². The van der Waals surface area contributed by atoms with Gasteiger partial charge >= 0.3 is 0 Å². The van der Waals surface area contributed by atoms with Gasteiger partial charge in [0.2, 0.25) is 0 Å². The fraction of sp³-hybridized carbons (Fsp3) is 0.250. The number of nitrogens with two attached hydrogens (primary N) is 1. The summed E-state index contributed by atoms with van der Waals surface area (Å²) in [6.07, 6.45) is -0.225. The monoisotopic (exact) mass is 291 g/mol. The smallest absolute Gasteiger partial charge is 0.165 e. The lowest BCUT2D eigenvalue weighted by molar-refractivity contribution is 0.156. The number of benzene rings is 2. The molecule has 1 aliphatic heterocycles. The van der Waals surface area contributed by atoms with E-state index in [1.807, 2.05) is 0 Å². The van der Waals surface area contributed by atoms with Gasteiger partial charge < -0.3 is 15.2 Å². The second-order valence-corrected chi connectivity index (χ2v) is 5.00. The fourth-order valence-electron chi connectivity index (χ4n) is 2.57. The van der Waals surface area contributed by atoms with Crippen molar-refractivity contribution in [3.63, 3.8) is 0 Å². The second-order valence-electron chi connectivity index (χ2n) is 5.00. The van der Waals surface area contributed by atoms with E-state index in [4.69, 9.17) is 15.2 Å². The molecular weight excluding hydrogens is 276 g/mol. The topological polar surface area (TPSA) is 44.5 Å². The summed E-state index contributed by atoms with van der Waals surface area (Å²) in [6, 6.07) is 9.03. The predicted octanol–water partition coefficient (Wildman–Crippen LogP) is 3.50. The van der Waals surface area contributed by atoms with Crippen molar-refractivity contribution < 1.29 is 18.3 Å². The molecule has 110 valence electrons. The highest BCUT2D eigenvalue weighted by Gasteiger charge is 2.29. The Labute approximate surface area is 121 Å². The molecule has 21 heavy (non-hydrogen) atoms. The minimum absolute atomic E-state index is 0.187. The van der Waals surface area contributed by atoms with Gasteiger partial charge in [-0.25, -0.2) is 8.78 Å². The first-order chi connectivity index (χ1) is 10.1. The van der Waals surface area contributed by atoms with Crippen LogP contribution in [-0.4, -0.2) is 7.11 Å². The molecule has 5 heteroatoms. The standard InChI is InChI=1S/C16H15F2NO2/c1-20-9-5-6-14-11(7-9)13(19)8-15(21-14)10-3-2-4-12(17)16(10)18/h2-7,13,15H,8,19H2,1H3/t13-,15?/m0/s1. The first-order valence-corrected chi connectivity index (χ1v) is 6.64. The maximum Gasteiger partial charge on any atom is 0.165 e. The van der Waals surface area contributed by atoms with Gasteiger partial charge in [-0.2, -0.15) is 0 Å². The van der Waals surface area contributed by atoms with Gasteiger partial charge in [0.05, 0.1) is 7.11 Å². The van der Waals surface area contributed by atoms with Gasteiger partial charge in [0.25, 0.3) is 0 Å². The van der Waals surface area contributed by atoms with Crippen LogP contribution in [0, 0.1) is 11.6 Å². The Bertz CT molecular complexity index is 675.